The van der Waals surface area contributed by atoms with E-state index < -0.39 is 15.8 Å². The molecule has 0 bridgehead atoms. The van der Waals surface area contributed by atoms with Crippen LogP contribution in [0, 0.1) is 0 Å². The number of aldehydes is 1. The van der Waals surface area contributed by atoms with E-state index in [0.29, 0.717) is 6.92 Å². The lowest BCUT2D eigenvalue weighted by atomic mass is 10.5. The van der Waals surface area contributed by atoms with Gasteiger partial charge in [-0.2, -0.15) is 13.2 Å². The molecule has 0 aromatic heterocycles. The van der Waals surface area contributed by atoms with Crippen molar-refractivity contribution in [3.8, 4) is 0 Å². The summed E-state index contributed by atoms with van der Waals surface area (Å²) in [5.41, 5.74) is 0. The average molecular weight is 259 g/mol. The summed E-state index contributed by atoms with van der Waals surface area (Å²) < 4.78 is 30.8. The van der Waals surface area contributed by atoms with Crippen molar-refractivity contribution in [1.82, 2.24) is 0 Å². The van der Waals surface area contributed by atoms with Gasteiger partial charge in [0.25, 0.3) is 0 Å². The minimum Gasteiger partial charge on any atom is -0.299 e. The lowest BCUT2D eigenvalue weighted by molar-refractivity contribution is -0.168. The van der Waals surface area contributed by atoms with Gasteiger partial charge in [0, 0.05) is 6.92 Å². The van der Waals surface area contributed by atoms with Gasteiger partial charge < -0.3 is 0 Å². The van der Waals surface area contributed by atoms with Gasteiger partial charge >= 0.3 is 6.18 Å². The molecule has 0 aromatic rings. The predicted molar refractivity (Wildman–Crippen MR) is 43.1 cm³/mol. The van der Waals surface area contributed by atoms with E-state index >= 15 is 0 Å². The highest BCUT2D eigenvalue weighted by molar-refractivity contribution is 6.74. The number of carbonyl (C=O) groups excluding carboxylic acids is 2. The molecule has 13 heavy (non-hydrogen) atoms. The monoisotopic (exact) mass is 258 g/mol. The lowest BCUT2D eigenvalue weighted by Gasteiger charge is -1.95. The summed E-state index contributed by atoms with van der Waals surface area (Å²) in [6, 6.07) is 0. The number of hydrogen-bond donors (Lipinski definition) is 0. The van der Waals surface area contributed by atoms with Crippen LogP contribution in [-0.2, 0) is 9.59 Å². The highest BCUT2D eigenvalue weighted by Crippen LogP contribution is 2.21. The van der Waals surface area contributed by atoms with Gasteiger partial charge in [0.1, 0.15) is 0 Å². The molecule has 0 saturated heterocycles. The van der Waals surface area contributed by atoms with Crippen molar-refractivity contribution in [1.29, 1.82) is 0 Å². The van der Waals surface area contributed by atoms with Crippen molar-refractivity contribution in [2.45, 2.75) is 16.9 Å². The van der Waals surface area contributed by atoms with Gasteiger partial charge in [-0.25, -0.2) is 0 Å². The SMILES string of the molecule is CC(=O)C(F)(F)F.O=CC(Cl)(Cl)Cl. The van der Waals surface area contributed by atoms with E-state index in [2.05, 4.69) is 0 Å². The number of rotatable bonds is 0. The van der Waals surface area contributed by atoms with Crippen LogP contribution in [0.25, 0.3) is 0 Å². The van der Waals surface area contributed by atoms with E-state index in [9.17, 15) is 22.8 Å². The van der Waals surface area contributed by atoms with E-state index in [-0.39, 0.29) is 6.29 Å². The molecule has 0 amide bonds. The summed E-state index contributed by atoms with van der Waals surface area (Å²) in [4.78, 5) is 18.8. The molecule has 0 aromatic carbocycles. The highest BCUT2D eigenvalue weighted by Gasteiger charge is 2.33. The molecule has 0 aliphatic heterocycles. The van der Waals surface area contributed by atoms with Gasteiger partial charge in [-0.05, 0) is 0 Å². The Morgan fingerprint density at radius 2 is 1.38 bits per heavy atom. The normalized spacial score (nSPS) is 11.3. The summed E-state index contributed by atoms with van der Waals surface area (Å²) in [7, 11) is 0. The molecule has 0 spiro atoms. The van der Waals surface area contributed by atoms with E-state index in [1.807, 2.05) is 0 Å². The molecule has 0 saturated carbocycles. The van der Waals surface area contributed by atoms with Crippen molar-refractivity contribution in [3.05, 3.63) is 0 Å². The van der Waals surface area contributed by atoms with Gasteiger partial charge in [0.05, 0.1) is 0 Å². The largest absolute Gasteiger partial charge is 0.449 e. The average Bonchev–Trinajstić information content (AvgIpc) is 1.85. The first kappa shape index (κ1) is 15.5. The molecule has 0 aliphatic rings. The van der Waals surface area contributed by atoms with Crippen LogP contribution in [0.15, 0.2) is 0 Å². The van der Waals surface area contributed by atoms with Crippen LogP contribution in [-0.4, -0.2) is 22.0 Å². The second-order valence-electron chi connectivity index (χ2n) is 1.71. The van der Waals surface area contributed by atoms with Gasteiger partial charge in [0.15, 0.2) is 6.29 Å². The Hall–Kier alpha value is -0.000000000000000111. The fourth-order valence-electron chi connectivity index (χ4n) is 0. The molecular formula is C5H4Cl3F3O2. The Balaban J connectivity index is 0. The van der Waals surface area contributed by atoms with Crippen LogP contribution >= 0.6 is 34.8 Å². The lowest BCUT2D eigenvalue weighted by Crippen LogP contribution is -2.18. The van der Waals surface area contributed by atoms with Crippen LogP contribution in [0.3, 0.4) is 0 Å². The number of alkyl halides is 6. The first-order valence-electron chi connectivity index (χ1n) is 2.61. The fraction of sp³-hybridized carbons (Fsp3) is 0.600. The van der Waals surface area contributed by atoms with Crippen LogP contribution in [0.4, 0.5) is 13.2 Å². The molecule has 0 unspecified atom stereocenters. The Morgan fingerprint density at radius 3 is 1.38 bits per heavy atom. The van der Waals surface area contributed by atoms with Crippen LogP contribution in [0.5, 0.6) is 0 Å². The van der Waals surface area contributed by atoms with Crippen LogP contribution < -0.4 is 0 Å². The minimum absolute atomic E-state index is 0.234. The maximum atomic E-state index is 10.8. The molecule has 78 valence electrons. The quantitative estimate of drug-likeness (QED) is 0.495. The van der Waals surface area contributed by atoms with E-state index in [0.717, 1.165) is 0 Å². The maximum absolute atomic E-state index is 10.8. The fourth-order valence-corrected chi connectivity index (χ4v) is 0. The second kappa shape index (κ2) is 5.67. The standard InChI is InChI=1S/C3H3F3O.C2HCl3O/c1-2(7)3(4,5)6;3-2(4,5)1-6/h1H3;1H. The molecular weight excluding hydrogens is 255 g/mol. The molecule has 0 aliphatic carbocycles. The van der Waals surface area contributed by atoms with Gasteiger partial charge in [0.2, 0.25) is 9.58 Å². The zero-order valence-electron chi connectivity index (χ0n) is 6.16. The number of hydrogen-bond acceptors (Lipinski definition) is 2. The molecule has 0 atom stereocenters. The second-order valence-corrected chi connectivity index (χ2v) is 4.08. The molecule has 0 heterocycles. The van der Waals surface area contributed by atoms with E-state index in [1.54, 1.807) is 0 Å². The van der Waals surface area contributed by atoms with Crippen molar-refractivity contribution in [2.24, 2.45) is 0 Å². The van der Waals surface area contributed by atoms with E-state index in [4.69, 9.17) is 34.8 Å². The first-order chi connectivity index (χ1) is 5.50. The number of carbonyl (C=O) groups is 2. The number of halogens is 6. The van der Waals surface area contributed by atoms with Crippen LogP contribution in [0.2, 0.25) is 0 Å². The van der Waals surface area contributed by atoms with Crippen molar-refractivity contribution in [2.75, 3.05) is 0 Å². The first-order valence-corrected chi connectivity index (χ1v) is 3.75. The minimum atomic E-state index is -4.64. The van der Waals surface area contributed by atoms with Gasteiger partial charge in [-0.15, -0.1) is 0 Å². The number of ketones is 1. The third-order valence-electron chi connectivity index (χ3n) is 0.533. The van der Waals surface area contributed by atoms with Crippen molar-refractivity contribution in [3.63, 3.8) is 0 Å². The molecule has 0 rings (SSSR count). The third-order valence-corrected chi connectivity index (χ3v) is 0.800. The molecule has 8 heteroatoms. The summed E-state index contributed by atoms with van der Waals surface area (Å²) in [5, 5.41) is 0. The van der Waals surface area contributed by atoms with Crippen LogP contribution in [0.1, 0.15) is 6.92 Å². The summed E-state index contributed by atoms with van der Waals surface area (Å²) in [6.45, 7) is 0.486. The molecule has 2 nitrogen and oxygen atoms in total. The predicted octanol–water partition coefficient (Wildman–Crippen LogP) is 2.69. The Labute approximate surface area is 86.9 Å². The van der Waals surface area contributed by atoms with Gasteiger partial charge in [-0.1, -0.05) is 34.8 Å². The smallest absolute Gasteiger partial charge is 0.299 e. The van der Waals surface area contributed by atoms with Crippen molar-refractivity contribution >= 4 is 46.9 Å². The highest BCUT2D eigenvalue weighted by atomic mass is 35.6. The topological polar surface area (TPSA) is 34.1 Å². The Kier molecular flexibility index (Phi) is 6.75. The maximum Gasteiger partial charge on any atom is 0.449 e. The summed E-state index contributed by atoms with van der Waals surface area (Å²) in [5.74, 6) is -1.76. The van der Waals surface area contributed by atoms with E-state index in [1.165, 1.54) is 0 Å². The summed E-state index contributed by atoms with van der Waals surface area (Å²) in [6.07, 6.45) is -4.41. The van der Waals surface area contributed by atoms with Crippen molar-refractivity contribution < 1.29 is 22.8 Å². The number of Topliss-reactive ketones (excluding diaryl/α,β-unsaturated/α-hetero) is 1. The zero-order valence-corrected chi connectivity index (χ0v) is 8.43. The molecule has 0 fully saturated rings. The molecule has 0 radical (unpaired) electrons. The third kappa shape index (κ3) is 14.8. The Bertz CT molecular complexity index is 184. The Morgan fingerprint density at radius 1 is 1.23 bits per heavy atom. The zero-order chi connectivity index (χ0) is 11.3. The molecule has 0 N–H and O–H groups in total. The summed E-state index contributed by atoms with van der Waals surface area (Å²) >= 11 is 14.6. The van der Waals surface area contributed by atoms with Gasteiger partial charge in [-0.3, -0.25) is 9.59 Å².